The summed E-state index contributed by atoms with van der Waals surface area (Å²) in [6, 6.07) is 19.6. The molecule has 0 aliphatic carbocycles. The van der Waals surface area contributed by atoms with Gasteiger partial charge in [-0.2, -0.15) is 0 Å². The Kier molecular flexibility index (Phi) is 7.48. The molecule has 0 saturated carbocycles. The molecule has 0 aliphatic heterocycles. The number of nitrogens with one attached hydrogen (secondary N) is 2. The fourth-order valence-corrected chi connectivity index (χ4v) is 3.66. The van der Waals surface area contributed by atoms with Gasteiger partial charge in [0.05, 0.1) is 17.8 Å². The number of anilines is 1. The molecule has 8 nitrogen and oxygen atoms in total. The quantitative estimate of drug-likeness (QED) is 0.348. The largest absolute Gasteiger partial charge is 0.443 e. The minimum atomic E-state index is -0.637. The van der Waals surface area contributed by atoms with Crippen molar-refractivity contribution in [3.05, 3.63) is 102 Å². The molecule has 0 unspecified atom stereocenters. The van der Waals surface area contributed by atoms with Crippen molar-refractivity contribution in [2.24, 2.45) is 0 Å². The minimum Gasteiger partial charge on any atom is -0.443 e. The highest BCUT2D eigenvalue weighted by atomic mass is 16.6. The summed E-state index contributed by atoms with van der Waals surface area (Å²) in [5, 5.41) is 6.40. The Hall–Kier alpha value is -4.72. The summed E-state index contributed by atoms with van der Waals surface area (Å²) in [7, 11) is 0. The Morgan fingerprint density at radius 1 is 1.00 bits per heavy atom. The lowest BCUT2D eigenvalue weighted by atomic mass is 10.1. The van der Waals surface area contributed by atoms with Crippen LogP contribution in [0.3, 0.4) is 0 Å². The summed E-state index contributed by atoms with van der Waals surface area (Å²) in [5.74, 6) is -0.646. The highest BCUT2D eigenvalue weighted by Gasteiger charge is 2.20. The number of ether oxygens (including phenoxy) is 1. The molecule has 0 fully saturated rings. The zero-order valence-corrected chi connectivity index (χ0v) is 20.9. The number of benzene rings is 2. The highest BCUT2D eigenvalue weighted by molar-refractivity contribution is 6.05. The van der Waals surface area contributed by atoms with E-state index in [1.165, 1.54) is 10.6 Å². The molecule has 2 aromatic heterocycles. The van der Waals surface area contributed by atoms with Crippen molar-refractivity contribution in [1.82, 2.24) is 14.9 Å². The van der Waals surface area contributed by atoms with Crippen LogP contribution in [0.2, 0.25) is 0 Å². The molecule has 2 N–H and O–H groups in total. The van der Waals surface area contributed by atoms with Gasteiger partial charge in [0, 0.05) is 40.7 Å². The van der Waals surface area contributed by atoms with Crippen molar-refractivity contribution in [1.29, 1.82) is 0 Å². The van der Waals surface area contributed by atoms with Gasteiger partial charge in [-0.25, -0.2) is 4.79 Å². The Bertz CT molecular complexity index is 1470. The fourth-order valence-electron chi connectivity index (χ4n) is 3.66. The second kappa shape index (κ2) is 10.9. The summed E-state index contributed by atoms with van der Waals surface area (Å²) in [5.41, 5.74) is 2.38. The van der Waals surface area contributed by atoms with E-state index in [1.54, 1.807) is 63.5 Å². The number of para-hydroxylation sites is 1. The first kappa shape index (κ1) is 25.4. The maximum Gasteiger partial charge on any atom is 0.419 e. The highest BCUT2D eigenvalue weighted by Crippen LogP contribution is 2.24. The minimum absolute atomic E-state index is 0.271. The molecule has 2 aromatic carbocycles. The zero-order chi connectivity index (χ0) is 26.4. The van der Waals surface area contributed by atoms with E-state index in [2.05, 4.69) is 15.6 Å². The number of amides is 2. The van der Waals surface area contributed by atoms with Gasteiger partial charge in [-0.1, -0.05) is 30.3 Å². The Morgan fingerprint density at radius 3 is 2.54 bits per heavy atom. The van der Waals surface area contributed by atoms with Crippen LogP contribution >= 0.6 is 0 Å². The number of hydrogen-bond donors (Lipinski definition) is 2. The molecule has 8 heteroatoms. The van der Waals surface area contributed by atoms with Crippen molar-refractivity contribution in [3.63, 3.8) is 0 Å². The van der Waals surface area contributed by atoms with Crippen LogP contribution in [-0.2, 0) is 16.1 Å². The normalized spacial score (nSPS) is 11.4. The maximum atomic E-state index is 12.7. The first-order valence-corrected chi connectivity index (χ1v) is 11.8. The molecule has 0 atom stereocenters. The van der Waals surface area contributed by atoms with Gasteiger partial charge < -0.3 is 15.4 Å². The van der Waals surface area contributed by atoms with Crippen molar-refractivity contribution < 1.29 is 19.1 Å². The summed E-state index contributed by atoms with van der Waals surface area (Å²) in [6.45, 7) is 5.72. The number of nitrogens with zero attached hydrogens (tertiary/aromatic N) is 2. The number of rotatable bonds is 6. The topological polar surface area (TPSA) is 102 Å². The summed E-state index contributed by atoms with van der Waals surface area (Å²) >= 11 is 0. The average molecular weight is 497 g/mol. The fraction of sp³-hybridized carbons (Fsp3) is 0.172. The third-order valence-corrected chi connectivity index (χ3v) is 5.30. The van der Waals surface area contributed by atoms with Crippen LogP contribution in [0.5, 0.6) is 0 Å². The third kappa shape index (κ3) is 6.70. The van der Waals surface area contributed by atoms with E-state index in [0.29, 0.717) is 28.9 Å². The first-order chi connectivity index (χ1) is 17.7. The number of carbonyl (C=O) groups is 3. The molecule has 0 bridgehead atoms. The maximum absolute atomic E-state index is 12.7. The molecule has 2 amide bonds. The third-order valence-electron chi connectivity index (χ3n) is 5.30. The molecule has 0 radical (unpaired) electrons. The molecule has 2 heterocycles. The van der Waals surface area contributed by atoms with Crippen LogP contribution in [0.15, 0.2) is 85.2 Å². The zero-order valence-electron chi connectivity index (χ0n) is 20.9. The molecule has 188 valence electrons. The molecular formula is C29H28N4O4. The monoisotopic (exact) mass is 496 g/mol. The summed E-state index contributed by atoms with van der Waals surface area (Å²) in [4.78, 5) is 42.0. The smallest absolute Gasteiger partial charge is 0.419 e. The van der Waals surface area contributed by atoms with Crippen molar-refractivity contribution in [2.75, 3.05) is 5.32 Å². The van der Waals surface area contributed by atoms with E-state index in [4.69, 9.17) is 4.74 Å². The van der Waals surface area contributed by atoms with Crippen molar-refractivity contribution in [2.45, 2.75) is 32.9 Å². The van der Waals surface area contributed by atoms with Crippen LogP contribution in [0.25, 0.3) is 17.0 Å². The van der Waals surface area contributed by atoms with Gasteiger partial charge in [0.25, 0.3) is 5.91 Å². The van der Waals surface area contributed by atoms with E-state index in [-0.39, 0.29) is 11.8 Å². The predicted octanol–water partition coefficient (Wildman–Crippen LogP) is 5.40. The number of carbonyl (C=O) groups excluding carboxylic acids is 3. The van der Waals surface area contributed by atoms with Crippen molar-refractivity contribution in [3.8, 4) is 0 Å². The molecule has 37 heavy (non-hydrogen) atoms. The van der Waals surface area contributed by atoms with Gasteiger partial charge in [0.2, 0.25) is 5.91 Å². The van der Waals surface area contributed by atoms with Gasteiger partial charge in [-0.15, -0.1) is 0 Å². The van der Waals surface area contributed by atoms with E-state index >= 15 is 0 Å². The van der Waals surface area contributed by atoms with E-state index < -0.39 is 11.7 Å². The molecule has 4 aromatic rings. The van der Waals surface area contributed by atoms with Crippen LogP contribution in [0, 0.1) is 0 Å². The van der Waals surface area contributed by atoms with Crippen LogP contribution in [0.1, 0.15) is 42.4 Å². The van der Waals surface area contributed by atoms with Gasteiger partial charge in [0.1, 0.15) is 5.60 Å². The number of aromatic nitrogens is 2. The molecule has 0 saturated heterocycles. The van der Waals surface area contributed by atoms with Crippen LogP contribution < -0.4 is 10.6 Å². The first-order valence-electron chi connectivity index (χ1n) is 11.8. The van der Waals surface area contributed by atoms with Gasteiger partial charge in [-0.3, -0.25) is 19.1 Å². The van der Waals surface area contributed by atoms with Gasteiger partial charge in [0.15, 0.2) is 0 Å². The molecule has 0 aliphatic rings. The lowest BCUT2D eigenvalue weighted by Gasteiger charge is -2.19. The van der Waals surface area contributed by atoms with E-state index in [0.717, 1.165) is 11.1 Å². The predicted molar refractivity (Wildman–Crippen MR) is 143 cm³/mol. The van der Waals surface area contributed by atoms with Crippen LogP contribution in [-0.4, -0.2) is 33.1 Å². The Balaban J connectivity index is 1.44. The molecular weight excluding hydrogens is 468 g/mol. The van der Waals surface area contributed by atoms with E-state index in [1.807, 2.05) is 42.5 Å². The number of pyridine rings is 1. The van der Waals surface area contributed by atoms with Gasteiger partial charge in [-0.05, 0) is 63.2 Å². The molecule has 0 spiro atoms. The summed E-state index contributed by atoms with van der Waals surface area (Å²) < 4.78 is 6.94. The lowest BCUT2D eigenvalue weighted by Crippen LogP contribution is -2.26. The van der Waals surface area contributed by atoms with Crippen LogP contribution in [0.4, 0.5) is 10.5 Å². The SMILES string of the molecule is CC(C)(C)OC(=O)n1cc(/C=C/C(=O)Nc2cccc(C(=O)NCc3ccccn3)c2)c2ccccc21. The van der Waals surface area contributed by atoms with Gasteiger partial charge >= 0.3 is 6.09 Å². The number of hydrogen-bond acceptors (Lipinski definition) is 5. The average Bonchev–Trinajstić information content (AvgIpc) is 3.25. The second-order valence-corrected chi connectivity index (χ2v) is 9.36. The summed E-state index contributed by atoms with van der Waals surface area (Å²) in [6.07, 6.45) is 5.85. The van der Waals surface area contributed by atoms with Crippen molar-refractivity contribution >= 4 is 40.6 Å². The second-order valence-electron chi connectivity index (χ2n) is 9.36. The lowest BCUT2D eigenvalue weighted by molar-refractivity contribution is -0.111. The Labute approximate surface area is 215 Å². The standard InChI is InChI=1S/C29H28N4O4/c1-29(2,3)37-28(36)33-19-21(24-12-4-5-13-25(24)33)14-15-26(34)32-22-11-8-9-20(17-22)27(35)31-18-23-10-6-7-16-30-23/h4-17,19H,18H2,1-3H3,(H,31,35)(H,32,34)/b15-14+. The Morgan fingerprint density at radius 2 is 1.78 bits per heavy atom. The number of fused-ring (bicyclic) bond motifs is 1. The van der Waals surface area contributed by atoms with E-state index in [9.17, 15) is 14.4 Å². The molecule has 4 rings (SSSR count).